The molecule has 0 unspecified atom stereocenters. The molecule has 3 aromatic rings. The number of amides is 1. The number of anilines is 1. The molecule has 0 aliphatic rings. The Bertz CT molecular complexity index is 1090. The first-order valence-electron chi connectivity index (χ1n) is 9.54. The smallest absolute Gasteiger partial charge is 0.338 e. The summed E-state index contributed by atoms with van der Waals surface area (Å²) < 4.78 is 7.03. The molecule has 0 fully saturated rings. The van der Waals surface area contributed by atoms with Crippen LogP contribution in [0.5, 0.6) is 0 Å². The molecule has 0 radical (unpaired) electrons. The van der Waals surface area contributed by atoms with Gasteiger partial charge >= 0.3 is 5.97 Å². The zero-order valence-corrected chi connectivity index (χ0v) is 17.8. The second-order valence-corrected chi connectivity index (χ2v) is 6.85. The number of hydrazine groups is 1. The van der Waals surface area contributed by atoms with Crippen molar-refractivity contribution >= 4 is 45.9 Å². The number of thiocarbonyl (C=S) groups is 1. The molecule has 8 nitrogen and oxygen atoms in total. The zero-order chi connectivity index (χ0) is 21.7. The zero-order valence-electron chi connectivity index (χ0n) is 17.0. The number of carbonyl (C=O) groups excluding carboxylic acids is 2. The lowest BCUT2D eigenvalue weighted by molar-refractivity contribution is 0.0526. The Labute approximate surface area is 179 Å². The van der Waals surface area contributed by atoms with Gasteiger partial charge in [-0.25, -0.2) is 9.78 Å². The molecule has 30 heavy (non-hydrogen) atoms. The summed E-state index contributed by atoms with van der Waals surface area (Å²) in [6.45, 7) is 6.88. The van der Waals surface area contributed by atoms with Crippen molar-refractivity contribution in [2.45, 2.75) is 27.3 Å². The predicted molar refractivity (Wildman–Crippen MR) is 119 cm³/mol. The first-order chi connectivity index (χ1) is 14.4. The van der Waals surface area contributed by atoms with Gasteiger partial charge < -0.3 is 14.6 Å². The van der Waals surface area contributed by atoms with Gasteiger partial charge in [0.05, 0.1) is 23.2 Å². The van der Waals surface area contributed by atoms with E-state index in [4.69, 9.17) is 17.0 Å². The molecular weight excluding hydrogens is 402 g/mol. The van der Waals surface area contributed by atoms with Crippen molar-refractivity contribution in [2.75, 3.05) is 11.9 Å². The van der Waals surface area contributed by atoms with E-state index in [1.165, 1.54) is 0 Å². The average Bonchev–Trinajstić information content (AvgIpc) is 3.06. The molecular formula is C21H23N5O3S. The third-order valence-corrected chi connectivity index (χ3v) is 4.67. The van der Waals surface area contributed by atoms with Crippen LogP contribution in [0.3, 0.4) is 0 Å². The van der Waals surface area contributed by atoms with Crippen molar-refractivity contribution < 1.29 is 14.3 Å². The number of esters is 1. The van der Waals surface area contributed by atoms with Gasteiger partial charge in [0.2, 0.25) is 0 Å². The van der Waals surface area contributed by atoms with Crippen LogP contribution in [-0.4, -0.2) is 33.1 Å². The van der Waals surface area contributed by atoms with E-state index in [1.54, 1.807) is 43.3 Å². The fourth-order valence-corrected chi connectivity index (χ4v) is 3.21. The fraction of sp³-hybridized carbons (Fsp3) is 0.238. The third kappa shape index (κ3) is 4.74. The van der Waals surface area contributed by atoms with E-state index in [1.807, 2.05) is 13.0 Å². The van der Waals surface area contributed by atoms with E-state index in [9.17, 15) is 9.59 Å². The van der Waals surface area contributed by atoms with Crippen molar-refractivity contribution in [1.82, 2.24) is 20.4 Å². The van der Waals surface area contributed by atoms with E-state index in [2.05, 4.69) is 32.6 Å². The number of hydrogen-bond acceptors (Lipinski definition) is 5. The van der Waals surface area contributed by atoms with Crippen molar-refractivity contribution in [3.8, 4) is 0 Å². The molecule has 0 aliphatic heterocycles. The highest BCUT2D eigenvalue weighted by atomic mass is 32.1. The molecule has 9 heteroatoms. The monoisotopic (exact) mass is 425 g/mol. The highest BCUT2D eigenvalue weighted by Crippen LogP contribution is 2.17. The van der Waals surface area contributed by atoms with Crippen LogP contribution in [0.15, 0.2) is 42.5 Å². The van der Waals surface area contributed by atoms with Crippen LogP contribution < -0.4 is 16.2 Å². The van der Waals surface area contributed by atoms with Gasteiger partial charge in [-0.15, -0.1) is 0 Å². The van der Waals surface area contributed by atoms with Gasteiger partial charge in [-0.3, -0.25) is 15.6 Å². The van der Waals surface area contributed by atoms with Gasteiger partial charge in [0.25, 0.3) is 5.91 Å². The summed E-state index contributed by atoms with van der Waals surface area (Å²) in [6, 6.07) is 12.0. The van der Waals surface area contributed by atoms with Gasteiger partial charge in [-0.05, 0) is 75.5 Å². The highest BCUT2D eigenvalue weighted by Gasteiger charge is 2.11. The molecule has 1 aromatic heterocycles. The van der Waals surface area contributed by atoms with Crippen molar-refractivity contribution in [1.29, 1.82) is 0 Å². The molecule has 0 saturated heterocycles. The molecule has 0 bridgehead atoms. The van der Waals surface area contributed by atoms with Crippen molar-refractivity contribution in [2.24, 2.45) is 0 Å². The van der Waals surface area contributed by atoms with E-state index < -0.39 is 0 Å². The Balaban J connectivity index is 1.57. The van der Waals surface area contributed by atoms with Crippen LogP contribution in [0, 0.1) is 6.92 Å². The maximum atomic E-state index is 12.4. The number of imidazole rings is 1. The number of ether oxygens (including phenoxy) is 1. The molecule has 2 aromatic carbocycles. The SMILES string of the molecule is CCOC(=O)c1ccc(NC(=S)NNC(=O)c2ccc3c(c2)nc(C)n3CC)cc1. The second-order valence-electron chi connectivity index (χ2n) is 6.44. The minimum Gasteiger partial charge on any atom is -0.462 e. The first-order valence-corrected chi connectivity index (χ1v) is 9.95. The number of aryl methyl sites for hydroxylation is 2. The highest BCUT2D eigenvalue weighted by molar-refractivity contribution is 7.80. The largest absolute Gasteiger partial charge is 0.462 e. The summed E-state index contributed by atoms with van der Waals surface area (Å²) in [4.78, 5) is 28.6. The lowest BCUT2D eigenvalue weighted by Gasteiger charge is -2.12. The summed E-state index contributed by atoms with van der Waals surface area (Å²) >= 11 is 5.20. The number of hydrogen-bond donors (Lipinski definition) is 3. The Morgan fingerprint density at radius 3 is 2.43 bits per heavy atom. The number of nitrogens with zero attached hydrogens (tertiary/aromatic N) is 2. The Kier molecular flexibility index (Phi) is 6.63. The molecule has 1 heterocycles. The van der Waals surface area contributed by atoms with E-state index in [-0.39, 0.29) is 17.0 Å². The quantitative estimate of drug-likeness (QED) is 0.328. The summed E-state index contributed by atoms with van der Waals surface area (Å²) in [5, 5.41) is 3.14. The van der Waals surface area contributed by atoms with Crippen LogP contribution in [0.2, 0.25) is 0 Å². The van der Waals surface area contributed by atoms with Gasteiger partial charge in [-0.1, -0.05) is 0 Å². The topological polar surface area (TPSA) is 97.3 Å². The predicted octanol–water partition coefficient (Wildman–Crippen LogP) is 3.17. The van der Waals surface area contributed by atoms with Crippen molar-refractivity contribution in [3.63, 3.8) is 0 Å². The van der Waals surface area contributed by atoms with Crippen LogP contribution in [0.4, 0.5) is 5.69 Å². The molecule has 3 N–H and O–H groups in total. The number of nitrogens with one attached hydrogen (secondary N) is 3. The molecule has 0 spiro atoms. The van der Waals surface area contributed by atoms with Crippen LogP contribution in [0.1, 0.15) is 40.4 Å². The summed E-state index contributed by atoms with van der Waals surface area (Å²) in [6.07, 6.45) is 0. The van der Waals surface area contributed by atoms with E-state index >= 15 is 0 Å². The van der Waals surface area contributed by atoms with Gasteiger partial charge in [0.15, 0.2) is 5.11 Å². The average molecular weight is 426 g/mol. The molecule has 3 rings (SSSR count). The molecule has 1 amide bonds. The fourth-order valence-electron chi connectivity index (χ4n) is 3.04. The minimum atomic E-state index is -0.382. The third-order valence-electron chi connectivity index (χ3n) is 4.46. The van der Waals surface area contributed by atoms with Crippen LogP contribution in [-0.2, 0) is 11.3 Å². The Morgan fingerprint density at radius 1 is 1.07 bits per heavy atom. The number of rotatable bonds is 5. The van der Waals surface area contributed by atoms with Crippen LogP contribution >= 0.6 is 12.2 Å². The molecule has 156 valence electrons. The maximum Gasteiger partial charge on any atom is 0.338 e. The van der Waals surface area contributed by atoms with Crippen molar-refractivity contribution in [3.05, 3.63) is 59.4 Å². The summed E-state index contributed by atoms with van der Waals surface area (Å²) in [5.74, 6) is 0.192. The molecule has 0 saturated carbocycles. The van der Waals surface area contributed by atoms with E-state index in [0.717, 1.165) is 23.4 Å². The number of aromatic nitrogens is 2. The molecule has 0 atom stereocenters. The lowest BCUT2D eigenvalue weighted by Crippen LogP contribution is -2.43. The lowest BCUT2D eigenvalue weighted by atomic mass is 10.2. The standard InChI is InChI=1S/C21H23N5O3S/c1-4-26-13(3)22-17-12-15(8-11-18(17)26)19(27)24-25-21(30)23-16-9-6-14(7-10-16)20(28)29-5-2/h6-12H,4-5H2,1-3H3,(H,24,27)(H2,23,25,30). The normalized spacial score (nSPS) is 10.5. The number of fused-ring (bicyclic) bond motifs is 1. The summed E-state index contributed by atoms with van der Waals surface area (Å²) in [7, 11) is 0. The second kappa shape index (κ2) is 9.36. The number of carbonyl (C=O) groups is 2. The van der Waals surface area contributed by atoms with Gasteiger partial charge in [-0.2, -0.15) is 0 Å². The first kappa shape index (κ1) is 21.3. The maximum absolute atomic E-state index is 12.4. The number of benzene rings is 2. The molecule has 0 aliphatic carbocycles. The van der Waals surface area contributed by atoms with Gasteiger partial charge in [0, 0.05) is 17.8 Å². The van der Waals surface area contributed by atoms with Crippen LogP contribution in [0.25, 0.3) is 11.0 Å². The summed E-state index contributed by atoms with van der Waals surface area (Å²) in [5.41, 5.74) is 8.57. The Morgan fingerprint density at radius 2 is 1.77 bits per heavy atom. The Hall–Kier alpha value is -3.46. The van der Waals surface area contributed by atoms with Gasteiger partial charge in [0.1, 0.15) is 5.82 Å². The van der Waals surface area contributed by atoms with E-state index in [0.29, 0.717) is 23.4 Å². The minimum absolute atomic E-state index is 0.208.